The van der Waals surface area contributed by atoms with E-state index in [-0.39, 0.29) is 16.5 Å². The van der Waals surface area contributed by atoms with E-state index in [1.54, 1.807) is 25.1 Å². The van der Waals surface area contributed by atoms with Gasteiger partial charge in [0.05, 0.1) is 4.92 Å². The molecule has 0 aliphatic carbocycles. The number of benzene rings is 2. The van der Waals surface area contributed by atoms with Gasteiger partial charge in [0.1, 0.15) is 10.8 Å². The third-order valence-electron chi connectivity index (χ3n) is 3.13. The lowest BCUT2D eigenvalue weighted by molar-refractivity contribution is -0.384. The number of aryl methyl sites for hydroxylation is 1. The van der Waals surface area contributed by atoms with Crippen LogP contribution in [0.15, 0.2) is 36.4 Å². The molecule has 0 unspecified atom stereocenters. The molecule has 0 fully saturated rings. The molecule has 2 aromatic carbocycles. The molecule has 0 heterocycles. The van der Waals surface area contributed by atoms with Crippen LogP contribution in [-0.2, 0) is 6.42 Å². The first-order chi connectivity index (χ1) is 9.97. The summed E-state index contributed by atoms with van der Waals surface area (Å²) in [4.78, 5) is 10.3. The van der Waals surface area contributed by atoms with Crippen molar-refractivity contribution in [3.05, 3.63) is 68.5 Å². The van der Waals surface area contributed by atoms with E-state index in [9.17, 15) is 14.5 Å². The van der Waals surface area contributed by atoms with Gasteiger partial charge in [0.15, 0.2) is 0 Å². The minimum Gasteiger partial charge on any atom is -0.384 e. The van der Waals surface area contributed by atoms with Gasteiger partial charge in [-0.05, 0) is 42.7 Å². The van der Waals surface area contributed by atoms with Gasteiger partial charge in [0.25, 0.3) is 5.69 Å². The van der Waals surface area contributed by atoms with E-state index >= 15 is 0 Å². The molecular formula is C15H14ClFN2O2. The highest BCUT2D eigenvalue weighted by Gasteiger charge is 2.14. The monoisotopic (exact) mass is 308 g/mol. The van der Waals surface area contributed by atoms with Gasteiger partial charge in [-0.3, -0.25) is 10.1 Å². The maximum absolute atomic E-state index is 12.8. The van der Waals surface area contributed by atoms with E-state index in [0.29, 0.717) is 13.0 Å². The second-order valence-corrected chi connectivity index (χ2v) is 5.09. The molecule has 21 heavy (non-hydrogen) atoms. The quantitative estimate of drug-likeness (QED) is 0.660. The molecule has 0 aliphatic heterocycles. The predicted molar refractivity (Wildman–Crippen MR) is 81.4 cm³/mol. The number of anilines is 1. The van der Waals surface area contributed by atoms with E-state index in [1.165, 1.54) is 18.2 Å². The summed E-state index contributed by atoms with van der Waals surface area (Å²) in [6.07, 6.45) is 0.717. The van der Waals surface area contributed by atoms with Crippen LogP contribution in [0.4, 0.5) is 15.8 Å². The fraction of sp³-hybridized carbons (Fsp3) is 0.200. The zero-order valence-corrected chi connectivity index (χ0v) is 12.2. The summed E-state index contributed by atoms with van der Waals surface area (Å²) in [5.41, 5.74) is 2.42. The second-order valence-electron chi connectivity index (χ2n) is 4.68. The Morgan fingerprint density at radius 2 is 1.95 bits per heavy atom. The summed E-state index contributed by atoms with van der Waals surface area (Å²) in [5.74, 6) is -0.260. The summed E-state index contributed by atoms with van der Waals surface area (Å²) in [7, 11) is 0. The Labute approximate surface area is 126 Å². The smallest absolute Gasteiger partial charge is 0.288 e. The largest absolute Gasteiger partial charge is 0.384 e. The molecular weight excluding hydrogens is 295 g/mol. The number of nitrogens with one attached hydrogen (secondary N) is 1. The molecule has 0 bridgehead atoms. The van der Waals surface area contributed by atoms with Crippen molar-refractivity contribution < 1.29 is 9.31 Å². The average molecular weight is 309 g/mol. The minimum atomic E-state index is -0.502. The Morgan fingerprint density at radius 1 is 1.29 bits per heavy atom. The van der Waals surface area contributed by atoms with Gasteiger partial charge in [-0.1, -0.05) is 23.7 Å². The summed E-state index contributed by atoms with van der Waals surface area (Å²) in [6.45, 7) is 2.41. The van der Waals surface area contributed by atoms with Crippen LogP contribution in [0, 0.1) is 22.9 Å². The van der Waals surface area contributed by atoms with E-state index in [4.69, 9.17) is 11.6 Å². The second kappa shape index (κ2) is 6.54. The number of nitrogens with zero attached hydrogens (tertiary/aromatic N) is 1. The number of nitro benzene ring substituents is 1. The lowest BCUT2D eigenvalue weighted by atomic mass is 10.1. The molecule has 2 aromatic rings. The Balaban J connectivity index is 2.02. The first kappa shape index (κ1) is 15.3. The van der Waals surface area contributed by atoms with Gasteiger partial charge in [-0.15, -0.1) is 0 Å². The Kier molecular flexibility index (Phi) is 4.75. The summed E-state index contributed by atoms with van der Waals surface area (Å²) < 4.78 is 12.8. The van der Waals surface area contributed by atoms with Crippen LogP contribution in [0.2, 0.25) is 5.02 Å². The maximum atomic E-state index is 12.8. The van der Waals surface area contributed by atoms with Crippen LogP contribution < -0.4 is 5.32 Å². The van der Waals surface area contributed by atoms with Gasteiger partial charge in [-0.2, -0.15) is 0 Å². The third-order valence-corrected chi connectivity index (χ3v) is 3.44. The Hall–Kier alpha value is -2.14. The first-order valence-corrected chi connectivity index (χ1v) is 6.78. The van der Waals surface area contributed by atoms with Gasteiger partial charge in [-0.25, -0.2) is 4.39 Å². The number of rotatable bonds is 5. The summed E-state index contributed by atoms with van der Waals surface area (Å²) in [5, 5.41) is 14.1. The normalized spacial score (nSPS) is 10.4. The number of nitro groups is 1. The van der Waals surface area contributed by atoms with Crippen molar-refractivity contribution >= 4 is 23.0 Å². The molecule has 0 aromatic heterocycles. The zero-order valence-electron chi connectivity index (χ0n) is 11.4. The van der Waals surface area contributed by atoms with Crippen LogP contribution in [0.25, 0.3) is 0 Å². The Morgan fingerprint density at radius 3 is 2.57 bits per heavy atom. The maximum Gasteiger partial charge on any atom is 0.288 e. The van der Waals surface area contributed by atoms with Crippen LogP contribution >= 0.6 is 11.6 Å². The van der Waals surface area contributed by atoms with E-state index < -0.39 is 4.92 Å². The molecule has 0 spiro atoms. The van der Waals surface area contributed by atoms with Gasteiger partial charge < -0.3 is 5.32 Å². The molecule has 4 nitrogen and oxygen atoms in total. The van der Waals surface area contributed by atoms with Gasteiger partial charge in [0, 0.05) is 18.3 Å². The van der Waals surface area contributed by atoms with Crippen molar-refractivity contribution in [2.45, 2.75) is 13.3 Å². The first-order valence-electron chi connectivity index (χ1n) is 6.40. The molecule has 6 heteroatoms. The average Bonchev–Trinajstić information content (AvgIpc) is 2.44. The minimum absolute atomic E-state index is 0.0988. The van der Waals surface area contributed by atoms with Crippen molar-refractivity contribution in [2.75, 3.05) is 11.9 Å². The van der Waals surface area contributed by atoms with Gasteiger partial charge in [0.2, 0.25) is 0 Å². The number of hydrogen-bond acceptors (Lipinski definition) is 3. The van der Waals surface area contributed by atoms with Crippen LogP contribution in [-0.4, -0.2) is 11.5 Å². The fourth-order valence-electron chi connectivity index (χ4n) is 1.99. The van der Waals surface area contributed by atoms with Crippen molar-refractivity contribution in [3.8, 4) is 0 Å². The van der Waals surface area contributed by atoms with Gasteiger partial charge >= 0.3 is 0 Å². The standard InChI is InChI=1S/C15H14ClFN2O2/c1-10-8-15(19(20)21)13(16)9-14(10)18-7-6-11-2-4-12(17)5-3-11/h2-5,8-9,18H,6-7H2,1H3. The molecule has 0 radical (unpaired) electrons. The molecule has 0 saturated heterocycles. The molecule has 0 atom stereocenters. The topological polar surface area (TPSA) is 55.2 Å². The Bertz CT molecular complexity index is 659. The number of halogens is 2. The zero-order chi connectivity index (χ0) is 15.4. The molecule has 2 rings (SSSR count). The lowest BCUT2D eigenvalue weighted by Crippen LogP contribution is -2.06. The predicted octanol–water partition coefficient (Wildman–Crippen LogP) is 4.35. The fourth-order valence-corrected chi connectivity index (χ4v) is 2.22. The van der Waals surface area contributed by atoms with E-state index in [2.05, 4.69) is 5.32 Å². The third kappa shape index (κ3) is 3.92. The van der Waals surface area contributed by atoms with Crippen LogP contribution in [0.5, 0.6) is 0 Å². The van der Waals surface area contributed by atoms with E-state index in [1.807, 2.05) is 0 Å². The SMILES string of the molecule is Cc1cc([N+](=O)[O-])c(Cl)cc1NCCc1ccc(F)cc1. The van der Waals surface area contributed by atoms with E-state index in [0.717, 1.165) is 16.8 Å². The molecule has 0 saturated carbocycles. The molecule has 1 N–H and O–H groups in total. The highest BCUT2D eigenvalue weighted by molar-refractivity contribution is 6.33. The summed E-state index contributed by atoms with van der Waals surface area (Å²) in [6, 6.07) is 9.30. The molecule has 110 valence electrons. The van der Waals surface area contributed by atoms with Crippen molar-refractivity contribution in [2.24, 2.45) is 0 Å². The summed E-state index contributed by atoms with van der Waals surface area (Å²) >= 11 is 5.89. The van der Waals surface area contributed by atoms with Crippen molar-refractivity contribution in [1.29, 1.82) is 0 Å². The highest BCUT2D eigenvalue weighted by Crippen LogP contribution is 2.30. The lowest BCUT2D eigenvalue weighted by Gasteiger charge is -2.10. The van der Waals surface area contributed by atoms with Crippen LogP contribution in [0.3, 0.4) is 0 Å². The number of hydrogen-bond donors (Lipinski definition) is 1. The highest BCUT2D eigenvalue weighted by atomic mass is 35.5. The van der Waals surface area contributed by atoms with Crippen molar-refractivity contribution in [3.63, 3.8) is 0 Å². The van der Waals surface area contributed by atoms with Crippen LogP contribution in [0.1, 0.15) is 11.1 Å². The molecule has 0 amide bonds. The molecule has 0 aliphatic rings. The van der Waals surface area contributed by atoms with Crippen molar-refractivity contribution in [1.82, 2.24) is 0 Å².